The summed E-state index contributed by atoms with van der Waals surface area (Å²) in [4.78, 5) is 12.1. The van der Waals surface area contributed by atoms with E-state index in [9.17, 15) is 4.79 Å². The Kier molecular flexibility index (Phi) is 5.14. The predicted octanol–water partition coefficient (Wildman–Crippen LogP) is 3.30. The molecule has 0 aromatic heterocycles. The number of thiocarbonyl (C=S) groups is 1. The number of amides is 2. The van der Waals surface area contributed by atoms with E-state index in [4.69, 9.17) is 29.6 Å². The number of urea groups is 1. The van der Waals surface area contributed by atoms with Crippen LogP contribution >= 0.6 is 23.8 Å². The number of halogens is 1. The van der Waals surface area contributed by atoms with Crippen molar-refractivity contribution in [1.29, 1.82) is 0 Å². The monoisotopic (exact) mass is 319 g/mol. The highest BCUT2D eigenvalue weighted by Crippen LogP contribution is 2.21. The summed E-state index contributed by atoms with van der Waals surface area (Å²) in [5.41, 5.74) is 7.69. The van der Waals surface area contributed by atoms with Crippen LogP contribution in [0.4, 0.5) is 10.5 Å². The smallest absolute Gasteiger partial charge is 0.319 e. The Hall–Kier alpha value is -2.11. The summed E-state index contributed by atoms with van der Waals surface area (Å²) in [5, 5.41) is 5.95. The number of nitrogens with one attached hydrogen (secondary N) is 2. The average Bonchev–Trinajstić information content (AvgIpc) is 2.46. The number of carbonyl (C=O) groups is 1. The van der Waals surface area contributed by atoms with E-state index in [0.717, 1.165) is 5.56 Å². The van der Waals surface area contributed by atoms with Gasteiger partial charge >= 0.3 is 6.03 Å². The number of carbonyl (C=O) groups excluding carboxylic acids is 1. The summed E-state index contributed by atoms with van der Waals surface area (Å²) in [6.45, 7) is 0.426. The second-order valence-electron chi connectivity index (χ2n) is 4.35. The lowest BCUT2D eigenvalue weighted by Crippen LogP contribution is -2.29. The van der Waals surface area contributed by atoms with Gasteiger partial charge in [0.25, 0.3) is 0 Å². The van der Waals surface area contributed by atoms with Gasteiger partial charge in [0, 0.05) is 17.1 Å². The Morgan fingerprint density at radius 1 is 1.19 bits per heavy atom. The van der Waals surface area contributed by atoms with Crippen molar-refractivity contribution in [2.24, 2.45) is 5.73 Å². The number of hydrogen-bond acceptors (Lipinski definition) is 2. The fourth-order valence-electron chi connectivity index (χ4n) is 1.78. The molecule has 0 radical (unpaired) electrons. The van der Waals surface area contributed by atoms with Gasteiger partial charge in [-0.05, 0) is 23.8 Å². The molecule has 0 atom stereocenters. The maximum Gasteiger partial charge on any atom is 0.319 e. The van der Waals surface area contributed by atoms with Crippen molar-refractivity contribution >= 4 is 40.5 Å². The minimum atomic E-state index is -0.349. The van der Waals surface area contributed by atoms with E-state index in [1.807, 2.05) is 30.3 Å². The van der Waals surface area contributed by atoms with E-state index in [1.165, 1.54) is 0 Å². The van der Waals surface area contributed by atoms with Crippen LogP contribution in [0.25, 0.3) is 0 Å². The van der Waals surface area contributed by atoms with E-state index in [2.05, 4.69) is 10.6 Å². The SMILES string of the molecule is NC(=S)c1ccc(Cl)cc1NC(=O)NCc1ccccc1. The van der Waals surface area contributed by atoms with Crippen molar-refractivity contribution in [2.75, 3.05) is 5.32 Å². The molecule has 0 saturated heterocycles. The van der Waals surface area contributed by atoms with E-state index in [0.29, 0.717) is 22.8 Å². The van der Waals surface area contributed by atoms with Crippen LogP contribution in [0.15, 0.2) is 48.5 Å². The molecule has 6 heteroatoms. The third kappa shape index (κ3) is 4.44. The zero-order valence-corrected chi connectivity index (χ0v) is 12.7. The minimum absolute atomic E-state index is 0.199. The molecule has 2 aromatic carbocycles. The zero-order chi connectivity index (χ0) is 15.2. The van der Waals surface area contributed by atoms with Crippen LogP contribution in [-0.2, 0) is 6.54 Å². The van der Waals surface area contributed by atoms with Gasteiger partial charge < -0.3 is 16.4 Å². The zero-order valence-electron chi connectivity index (χ0n) is 11.1. The summed E-state index contributed by atoms with van der Waals surface area (Å²) in [5.74, 6) is 0. The number of rotatable bonds is 4. The Bertz CT molecular complexity index is 661. The first kappa shape index (κ1) is 15.3. The Morgan fingerprint density at radius 3 is 2.57 bits per heavy atom. The maximum absolute atomic E-state index is 11.9. The molecule has 4 N–H and O–H groups in total. The molecular formula is C15H14ClN3OS. The topological polar surface area (TPSA) is 67.1 Å². The Balaban J connectivity index is 2.02. The van der Waals surface area contributed by atoms with Crippen LogP contribution in [-0.4, -0.2) is 11.0 Å². The molecule has 2 aromatic rings. The van der Waals surface area contributed by atoms with Gasteiger partial charge in [0.1, 0.15) is 4.99 Å². The van der Waals surface area contributed by atoms with Gasteiger partial charge in [0.2, 0.25) is 0 Å². The van der Waals surface area contributed by atoms with Crippen molar-refractivity contribution in [3.8, 4) is 0 Å². The van der Waals surface area contributed by atoms with Gasteiger partial charge in [0.15, 0.2) is 0 Å². The molecule has 2 rings (SSSR count). The van der Waals surface area contributed by atoms with E-state index in [-0.39, 0.29) is 11.0 Å². The first-order valence-corrected chi connectivity index (χ1v) is 7.03. The van der Waals surface area contributed by atoms with Crippen LogP contribution < -0.4 is 16.4 Å². The number of nitrogens with two attached hydrogens (primary N) is 1. The van der Waals surface area contributed by atoms with Crippen LogP contribution in [0, 0.1) is 0 Å². The van der Waals surface area contributed by atoms with Crippen molar-refractivity contribution in [1.82, 2.24) is 5.32 Å². The molecule has 0 bridgehead atoms. The standard InChI is InChI=1S/C15H14ClN3OS/c16-11-6-7-12(14(17)21)13(8-11)19-15(20)18-9-10-4-2-1-3-5-10/h1-8H,9H2,(H2,17,21)(H2,18,19,20). The summed E-state index contributed by atoms with van der Waals surface area (Å²) in [6, 6.07) is 14.2. The molecule has 0 spiro atoms. The fraction of sp³-hybridized carbons (Fsp3) is 0.0667. The molecule has 0 unspecified atom stereocenters. The first-order chi connectivity index (χ1) is 10.1. The lowest BCUT2D eigenvalue weighted by molar-refractivity contribution is 0.251. The van der Waals surface area contributed by atoms with Gasteiger partial charge in [-0.3, -0.25) is 0 Å². The number of benzene rings is 2. The normalized spacial score (nSPS) is 9.95. The lowest BCUT2D eigenvalue weighted by Gasteiger charge is -2.11. The highest BCUT2D eigenvalue weighted by molar-refractivity contribution is 7.80. The molecule has 21 heavy (non-hydrogen) atoms. The summed E-state index contributed by atoms with van der Waals surface area (Å²) in [7, 11) is 0. The molecule has 2 amide bonds. The third-order valence-corrected chi connectivity index (χ3v) is 3.25. The van der Waals surface area contributed by atoms with Crippen molar-refractivity contribution in [3.63, 3.8) is 0 Å². The maximum atomic E-state index is 11.9. The molecule has 0 fully saturated rings. The summed E-state index contributed by atoms with van der Waals surface area (Å²) in [6.07, 6.45) is 0. The highest BCUT2D eigenvalue weighted by Gasteiger charge is 2.09. The van der Waals surface area contributed by atoms with E-state index >= 15 is 0 Å². The van der Waals surface area contributed by atoms with Gasteiger partial charge in [0.05, 0.1) is 5.69 Å². The first-order valence-electron chi connectivity index (χ1n) is 6.24. The molecule has 108 valence electrons. The van der Waals surface area contributed by atoms with Gasteiger partial charge in [-0.2, -0.15) is 0 Å². The third-order valence-electron chi connectivity index (χ3n) is 2.79. The summed E-state index contributed by atoms with van der Waals surface area (Å²) < 4.78 is 0. The largest absolute Gasteiger partial charge is 0.389 e. The predicted molar refractivity (Wildman–Crippen MR) is 89.6 cm³/mol. The van der Waals surface area contributed by atoms with Crippen LogP contribution in [0.3, 0.4) is 0 Å². The highest BCUT2D eigenvalue weighted by atomic mass is 35.5. The number of anilines is 1. The molecule has 0 aliphatic heterocycles. The Labute approximate surface area is 133 Å². The van der Waals surface area contributed by atoms with Gasteiger partial charge in [-0.1, -0.05) is 54.2 Å². The second-order valence-corrected chi connectivity index (χ2v) is 5.22. The van der Waals surface area contributed by atoms with Crippen LogP contribution in [0.5, 0.6) is 0 Å². The molecule has 0 aliphatic rings. The second kappa shape index (κ2) is 7.06. The molecule has 0 aliphatic carbocycles. The van der Waals surface area contributed by atoms with Crippen molar-refractivity contribution in [3.05, 3.63) is 64.7 Å². The Morgan fingerprint density at radius 2 is 1.90 bits per heavy atom. The van der Waals surface area contributed by atoms with Crippen molar-refractivity contribution in [2.45, 2.75) is 6.54 Å². The molecular weight excluding hydrogens is 306 g/mol. The van der Waals surface area contributed by atoms with E-state index < -0.39 is 0 Å². The fourth-order valence-corrected chi connectivity index (χ4v) is 2.13. The van der Waals surface area contributed by atoms with Gasteiger partial charge in [-0.15, -0.1) is 0 Å². The number of hydrogen-bond donors (Lipinski definition) is 3. The van der Waals surface area contributed by atoms with Gasteiger partial charge in [-0.25, -0.2) is 4.79 Å². The quantitative estimate of drug-likeness (QED) is 0.757. The average molecular weight is 320 g/mol. The van der Waals surface area contributed by atoms with E-state index in [1.54, 1.807) is 18.2 Å². The lowest BCUT2D eigenvalue weighted by atomic mass is 10.2. The van der Waals surface area contributed by atoms with Crippen LogP contribution in [0.2, 0.25) is 5.02 Å². The van der Waals surface area contributed by atoms with Crippen molar-refractivity contribution < 1.29 is 4.79 Å². The molecule has 0 heterocycles. The molecule has 4 nitrogen and oxygen atoms in total. The minimum Gasteiger partial charge on any atom is -0.389 e. The molecule has 0 saturated carbocycles. The summed E-state index contributed by atoms with van der Waals surface area (Å²) >= 11 is 10.9. The van der Waals surface area contributed by atoms with Crippen LogP contribution in [0.1, 0.15) is 11.1 Å².